The second-order valence-electron chi connectivity index (χ2n) is 6.50. The van der Waals surface area contributed by atoms with Crippen molar-refractivity contribution in [2.75, 3.05) is 20.8 Å². The van der Waals surface area contributed by atoms with E-state index >= 15 is 0 Å². The van der Waals surface area contributed by atoms with Crippen LogP contribution in [-0.4, -0.2) is 25.7 Å². The smallest absolute Gasteiger partial charge is 0.161 e. The third kappa shape index (κ3) is 6.80. The minimum absolute atomic E-state index is 0. The Hall–Kier alpha value is -2.47. The van der Waals surface area contributed by atoms with Crippen LogP contribution < -0.4 is 19.5 Å². The first kappa shape index (κ1) is 23.8. The minimum Gasteiger partial charge on any atom is -0.496 e. The topological polar surface area (TPSA) is 52.6 Å². The highest BCUT2D eigenvalue weighted by Gasteiger charge is 2.07. The summed E-state index contributed by atoms with van der Waals surface area (Å²) < 4.78 is 16.8. The maximum absolute atomic E-state index is 5.88. The van der Waals surface area contributed by atoms with Crippen LogP contribution in [0, 0.1) is 0 Å². The standard InChI is InChI=1S/C23H25ClN2O3.ClH/c1-27-20-6-4-3-5-19(20)11-12-25-14-17-7-9-21(22(13-17)28-2)29-16-18-8-10-23(24)26-15-18;/h3-10,13,15,25H,11-12,14,16H2,1-2H3;1H. The minimum atomic E-state index is 0. The van der Waals surface area contributed by atoms with Crippen LogP contribution in [0.5, 0.6) is 17.2 Å². The molecule has 0 radical (unpaired) electrons. The molecule has 0 aliphatic carbocycles. The molecule has 0 bridgehead atoms. The van der Waals surface area contributed by atoms with E-state index in [0.717, 1.165) is 36.4 Å². The highest BCUT2D eigenvalue weighted by atomic mass is 35.5. The predicted octanol–water partition coefficient (Wildman–Crippen LogP) is 5.09. The van der Waals surface area contributed by atoms with Crippen molar-refractivity contribution in [3.05, 3.63) is 82.6 Å². The van der Waals surface area contributed by atoms with Crippen molar-refractivity contribution in [2.24, 2.45) is 0 Å². The molecule has 1 N–H and O–H groups in total. The van der Waals surface area contributed by atoms with Gasteiger partial charge in [-0.3, -0.25) is 0 Å². The van der Waals surface area contributed by atoms with Gasteiger partial charge in [-0.2, -0.15) is 0 Å². The monoisotopic (exact) mass is 448 g/mol. The summed E-state index contributed by atoms with van der Waals surface area (Å²) in [4.78, 5) is 4.06. The molecular weight excluding hydrogens is 423 g/mol. The zero-order chi connectivity index (χ0) is 20.5. The number of aromatic nitrogens is 1. The highest BCUT2D eigenvalue weighted by molar-refractivity contribution is 6.29. The van der Waals surface area contributed by atoms with Gasteiger partial charge in [0.2, 0.25) is 0 Å². The molecule has 3 aromatic rings. The Labute approximate surface area is 188 Å². The van der Waals surface area contributed by atoms with Gasteiger partial charge in [0.15, 0.2) is 11.5 Å². The quantitative estimate of drug-likeness (QED) is 0.345. The maximum atomic E-state index is 5.88. The second-order valence-corrected chi connectivity index (χ2v) is 6.89. The Morgan fingerprint density at radius 3 is 2.40 bits per heavy atom. The Bertz CT molecular complexity index is 921. The van der Waals surface area contributed by atoms with E-state index in [9.17, 15) is 0 Å². The molecule has 0 amide bonds. The number of nitrogens with zero attached hydrogens (tertiary/aromatic N) is 1. The van der Waals surface area contributed by atoms with E-state index in [1.165, 1.54) is 5.56 Å². The zero-order valence-electron chi connectivity index (χ0n) is 17.1. The van der Waals surface area contributed by atoms with Crippen LogP contribution in [0.15, 0.2) is 60.8 Å². The third-order valence-corrected chi connectivity index (χ3v) is 4.73. The molecule has 0 spiro atoms. The van der Waals surface area contributed by atoms with Gasteiger partial charge in [0.05, 0.1) is 14.2 Å². The van der Waals surface area contributed by atoms with Gasteiger partial charge in [0.25, 0.3) is 0 Å². The van der Waals surface area contributed by atoms with Gasteiger partial charge in [-0.05, 0) is 48.4 Å². The summed E-state index contributed by atoms with van der Waals surface area (Å²) in [6, 6.07) is 17.7. The van der Waals surface area contributed by atoms with Crippen molar-refractivity contribution in [2.45, 2.75) is 19.6 Å². The molecule has 160 valence electrons. The number of halogens is 2. The lowest BCUT2D eigenvalue weighted by molar-refractivity contribution is 0.284. The number of methoxy groups -OCH3 is 2. The van der Waals surface area contributed by atoms with Crippen molar-refractivity contribution in [1.29, 1.82) is 0 Å². The fraction of sp³-hybridized carbons (Fsp3) is 0.261. The molecule has 0 unspecified atom stereocenters. The van der Waals surface area contributed by atoms with Crippen LogP contribution in [0.25, 0.3) is 0 Å². The van der Waals surface area contributed by atoms with Crippen molar-refractivity contribution in [1.82, 2.24) is 10.3 Å². The molecule has 7 heteroatoms. The van der Waals surface area contributed by atoms with Crippen LogP contribution in [-0.2, 0) is 19.6 Å². The predicted molar refractivity (Wildman–Crippen MR) is 122 cm³/mol. The molecule has 30 heavy (non-hydrogen) atoms. The molecule has 5 nitrogen and oxygen atoms in total. The largest absolute Gasteiger partial charge is 0.496 e. The number of rotatable bonds is 10. The average molecular weight is 449 g/mol. The first-order valence-corrected chi connectivity index (χ1v) is 9.80. The van der Waals surface area contributed by atoms with Crippen LogP contribution >= 0.6 is 24.0 Å². The Balaban J connectivity index is 0.00000320. The molecule has 1 aromatic heterocycles. The summed E-state index contributed by atoms with van der Waals surface area (Å²) in [7, 11) is 3.34. The molecular formula is C23H26Cl2N2O3. The molecule has 0 fully saturated rings. The summed E-state index contributed by atoms with van der Waals surface area (Å²) in [5.74, 6) is 2.32. The third-order valence-electron chi connectivity index (χ3n) is 4.50. The van der Waals surface area contributed by atoms with Gasteiger partial charge in [-0.15, -0.1) is 12.4 Å². The summed E-state index contributed by atoms with van der Waals surface area (Å²) in [6.07, 6.45) is 2.60. The Morgan fingerprint density at radius 1 is 0.900 bits per heavy atom. The summed E-state index contributed by atoms with van der Waals surface area (Å²) >= 11 is 5.81. The SMILES string of the molecule is COc1ccccc1CCNCc1ccc(OCc2ccc(Cl)nc2)c(OC)c1.Cl. The fourth-order valence-electron chi connectivity index (χ4n) is 2.96. The summed E-state index contributed by atoms with van der Waals surface area (Å²) in [5.41, 5.74) is 3.27. The lowest BCUT2D eigenvalue weighted by Crippen LogP contribution is -2.17. The Morgan fingerprint density at radius 2 is 1.67 bits per heavy atom. The van der Waals surface area contributed by atoms with Crippen LogP contribution in [0.1, 0.15) is 16.7 Å². The first-order valence-electron chi connectivity index (χ1n) is 9.42. The molecule has 0 aliphatic rings. The van der Waals surface area contributed by atoms with E-state index in [0.29, 0.717) is 23.3 Å². The zero-order valence-corrected chi connectivity index (χ0v) is 18.6. The molecule has 0 saturated carbocycles. The maximum Gasteiger partial charge on any atom is 0.161 e. The average Bonchev–Trinajstić information content (AvgIpc) is 2.77. The lowest BCUT2D eigenvalue weighted by atomic mass is 10.1. The number of nitrogens with one attached hydrogen (secondary N) is 1. The van der Waals surface area contributed by atoms with Gasteiger partial charge >= 0.3 is 0 Å². The number of hydrogen-bond acceptors (Lipinski definition) is 5. The lowest BCUT2D eigenvalue weighted by Gasteiger charge is -2.13. The highest BCUT2D eigenvalue weighted by Crippen LogP contribution is 2.29. The van der Waals surface area contributed by atoms with E-state index in [1.54, 1.807) is 26.5 Å². The van der Waals surface area contributed by atoms with E-state index in [4.69, 9.17) is 25.8 Å². The fourth-order valence-corrected chi connectivity index (χ4v) is 3.07. The van der Waals surface area contributed by atoms with Gasteiger partial charge in [0, 0.05) is 18.3 Å². The molecule has 2 aromatic carbocycles. The summed E-state index contributed by atoms with van der Waals surface area (Å²) in [6.45, 7) is 1.99. The molecule has 0 atom stereocenters. The summed E-state index contributed by atoms with van der Waals surface area (Å²) in [5, 5.41) is 3.93. The van der Waals surface area contributed by atoms with Gasteiger partial charge < -0.3 is 19.5 Å². The number of benzene rings is 2. The van der Waals surface area contributed by atoms with Crippen molar-refractivity contribution < 1.29 is 14.2 Å². The van der Waals surface area contributed by atoms with Crippen LogP contribution in [0.2, 0.25) is 5.15 Å². The van der Waals surface area contributed by atoms with E-state index in [1.807, 2.05) is 42.5 Å². The van der Waals surface area contributed by atoms with Crippen LogP contribution in [0.3, 0.4) is 0 Å². The van der Waals surface area contributed by atoms with Crippen molar-refractivity contribution in [3.63, 3.8) is 0 Å². The van der Waals surface area contributed by atoms with Crippen molar-refractivity contribution in [3.8, 4) is 17.2 Å². The van der Waals surface area contributed by atoms with Gasteiger partial charge in [0.1, 0.15) is 17.5 Å². The van der Waals surface area contributed by atoms with Gasteiger partial charge in [-0.25, -0.2) is 4.98 Å². The van der Waals surface area contributed by atoms with Gasteiger partial charge in [-0.1, -0.05) is 41.9 Å². The molecule has 3 rings (SSSR count). The number of pyridine rings is 1. The van der Waals surface area contributed by atoms with E-state index < -0.39 is 0 Å². The number of hydrogen-bond donors (Lipinski definition) is 1. The van der Waals surface area contributed by atoms with Crippen molar-refractivity contribution >= 4 is 24.0 Å². The molecule has 1 heterocycles. The normalized spacial score (nSPS) is 10.2. The van der Waals surface area contributed by atoms with E-state index in [2.05, 4.69) is 16.4 Å². The molecule has 0 saturated heterocycles. The first-order chi connectivity index (χ1) is 14.2. The Kier molecular flexibility index (Phi) is 9.74. The number of para-hydroxylation sites is 1. The number of ether oxygens (including phenoxy) is 3. The van der Waals surface area contributed by atoms with Crippen LogP contribution in [0.4, 0.5) is 0 Å². The van der Waals surface area contributed by atoms with E-state index in [-0.39, 0.29) is 12.4 Å². The molecule has 0 aliphatic heterocycles. The second kappa shape index (κ2) is 12.3.